The van der Waals surface area contributed by atoms with Gasteiger partial charge in [0.25, 0.3) is 0 Å². The van der Waals surface area contributed by atoms with E-state index in [-0.39, 0.29) is 17.4 Å². The Morgan fingerprint density at radius 2 is 1.63 bits per heavy atom. The Morgan fingerprint density at radius 3 is 2.30 bits per heavy atom. The smallest absolute Gasteiger partial charge is 0.196 e. The molecule has 0 saturated carbocycles. The number of halogens is 2. The molecule has 4 aromatic rings. The van der Waals surface area contributed by atoms with Crippen molar-refractivity contribution in [3.05, 3.63) is 94.8 Å². The van der Waals surface area contributed by atoms with E-state index in [0.29, 0.717) is 21.6 Å². The first-order valence-corrected chi connectivity index (χ1v) is 10.6. The van der Waals surface area contributed by atoms with E-state index in [4.69, 9.17) is 11.6 Å². The molecular weight excluding hydrogens is 421 g/mol. The molecule has 0 fully saturated rings. The van der Waals surface area contributed by atoms with E-state index >= 15 is 0 Å². The number of rotatable bonds is 6. The second kappa shape index (κ2) is 8.81. The summed E-state index contributed by atoms with van der Waals surface area (Å²) >= 11 is 7.32. The third-order valence-corrected chi connectivity index (χ3v) is 5.71. The number of hydrogen-bond donors (Lipinski definition) is 0. The minimum Gasteiger partial charge on any atom is -0.293 e. The highest BCUT2D eigenvalue weighted by atomic mass is 35.5. The van der Waals surface area contributed by atoms with Crippen LogP contribution in [0.3, 0.4) is 0 Å². The van der Waals surface area contributed by atoms with Crippen LogP contribution in [0.15, 0.2) is 78.0 Å². The molecule has 7 heteroatoms. The largest absolute Gasteiger partial charge is 0.293 e. The Morgan fingerprint density at radius 1 is 0.967 bits per heavy atom. The molecule has 0 N–H and O–H groups in total. The fourth-order valence-electron chi connectivity index (χ4n) is 2.93. The second-order valence-corrected chi connectivity index (χ2v) is 8.08. The zero-order valence-electron chi connectivity index (χ0n) is 16.0. The SMILES string of the molecule is Cc1ccc(-n2c(SCC(=O)c3ccc(F)cc3)nnc2-c2ccc(Cl)cc2)cc1. The van der Waals surface area contributed by atoms with Gasteiger partial charge in [-0.2, -0.15) is 0 Å². The number of nitrogens with zero attached hydrogens (tertiary/aromatic N) is 3. The minimum atomic E-state index is -0.370. The van der Waals surface area contributed by atoms with Gasteiger partial charge in [-0.1, -0.05) is 41.1 Å². The molecule has 0 aliphatic carbocycles. The summed E-state index contributed by atoms with van der Waals surface area (Å²) in [6.45, 7) is 2.02. The number of hydrogen-bond acceptors (Lipinski definition) is 4. The molecule has 30 heavy (non-hydrogen) atoms. The van der Waals surface area contributed by atoms with Crippen LogP contribution >= 0.6 is 23.4 Å². The van der Waals surface area contributed by atoms with E-state index in [1.807, 2.05) is 47.9 Å². The van der Waals surface area contributed by atoms with Gasteiger partial charge in [-0.3, -0.25) is 9.36 Å². The van der Waals surface area contributed by atoms with Gasteiger partial charge >= 0.3 is 0 Å². The van der Waals surface area contributed by atoms with Gasteiger partial charge in [-0.05, 0) is 67.6 Å². The average Bonchev–Trinajstić information content (AvgIpc) is 3.17. The predicted molar refractivity (Wildman–Crippen MR) is 118 cm³/mol. The van der Waals surface area contributed by atoms with Gasteiger partial charge in [0, 0.05) is 21.8 Å². The highest BCUT2D eigenvalue weighted by molar-refractivity contribution is 7.99. The molecule has 1 aromatic heterocycles. The van der Waals surface area contributed by atoms with E-state index in [2.05, 4.69) is 10.2 Å². The van der Waals surface area contributed by atoms with Crippen molar-refractivity contribution in [2.24, 2.45) is 0 Å². The summed E-state index contributed by atoms with van der Waals surface area (Å²) in [5, 5.41) is 9.92. The molecule has 0 radical (unpaired) electrons. The Kier molecular flexibility index (Phi) is 5.97. The first kappa shape index (κ1) is 20.3. The van der Waals surface area contributed by atoms with Crippen LogP contribution in [0.1, 0.15) is 15.9 Å². The van der Waals surface area contributed by atoms with Crippen LogP contribution in [-0.4, -0.2) is 26.3 Å². The van der Waals surface area contributed by atoms with Gasteiger partial charge in [0.05, 0.1) is 5.75 Å². The fraction of sp³-hybridized carbons (Fsp3) is 0.0870. The van der Waals surface area contributed by atoms with Crippen LogP contribution < -0.4 is 0 Å². The molecule has 0 saturated heterocycles. The summed E-state index contributed by atoms with van der Waals surface area (Å²) in [4.78, 5) is 12.5. The number of carbonyl (C=O) groups is 1. The van der Waals surface area contributed by atoms with Crippen LogP contribution in [0.2, 0.25) is 5.02 Å². The second-order valence-electron chi connectivity index (χ2n) is 6.70. The van der Waals surface area contributed by atoms with Crippen LogP contribution in [-0.2, 0) is 0 Å². The lowest BCUT2D eigenvalue weighted by Crippen LogP contribution is -2.05. The minimum absolute atomic E-state index is 0.105. The van der Waals surface area contributed by atoms with Crippen LogP contribution in [0.4, 0.5) is 4.39 Å². The fourth-order valence-corrected chi connectivity index (χ4v) is 3.90. The van der Waals surface area contributed by atoms with Gasteiger partial charge in [0.1, 0.15) is 5.82 Å². The molecule has 0 unspecified atom stereocenters. The highest BCUT2D eigenvalue weighted by Crippen LogP contribution is 2.29. The number of Topliss-reactive ketones (excluding diaryl/α,β-unsaturated/α-hetero) is 1. The van der Waals surface area contributed by atoms with Crippen LogP contribution in [0.5, 0.6) is 0 Å². The molecule has 0 atom stereocenters. The molecule has 4 rings (SSSR count). The number of ketones is 1. The monoisotopic (exact) mass is 437 g/mol. The Balaban J connectivity index is 1.67. The summed E-state index contributed by atoms with van der Waals surface area (Å²) < 4.78 is 15.0. The lowest BCUT2D eigenvalue weighted by Gasteiger charge is -2.11. The summed E-state index contributed by atoms with van der Waals surface area (Å²) in [5.74, 6) is 0.348. The predicted octanol–water partition coefficient (Wildman–Crippen LogP) is 6.01. The average molecular weight is 438 g/mol. The molecular formula is C23H17ClFN3OS. The third kappa shape index (κ3) is 4.45. The van der Waals surface area contributed by atoms with Crippen molar-refractivity contribution < 1.29 is 9.18 Å². The standard InChI is InChI=1S/C23H17ClFN3OS/c1-15-2-12-20(13-3-15)28-22(17-4-8-18(24)9-5-17)26-27-23(28)30-14-21(29)16-6-10-19(25)11-7-16/h2-13H,14H2,1H3. The van der Waals surface area contributed by atoms with E-state index in [0.717, 1.165) is 16.8 Å². The van der Waals surface area contributed by atoms with E-state index in [9.17, 15) is 9.18 Å². The Bertz CT molecular complexity index is 1170. The molecule has 3 aromatic carbocycles. The highest BCUT2D eigenvalue weighted by Gasteiger charge is 2.18. The van der Waals surface area contributed by atoms with E-state index in [1.54, 1.807) is 12.1 Å². The van der Waals surface area contributed by atoms with Gasteiger partial charge in [-0.15, -0.1) is 10.2 Å². The Hall–Kier alpha value is -2.96. The van der Waals surface area contributed by atoms with E-state index < -0.39 is 0 Å². The van der Waals surface area contributed by atoms with Crippen molar-refractivity contribution in [3.63, 3.8) is 0 Å². The zero-order valence-corrected chi connectivity index (χ0v) is 17.6. The normalized spacial score (nSPS) is 10.9. The van der Waals surface area contributed by atoms with Crippen molar-refractivity contribution in [2.75, 3.05) is 5.75 Å². The zero-order chi connectivity index (χ0) is 21.1. The maximum Gasteiger partial charge on any atom is 0.196 e. The van der Waals surface area contributed by atoms with Crippen molar-refractivity contribution in [1.29, 1.82) is 0 Å². The molecule has 0 aliphatic rings. The summed E-state index contributed by atoms with van der Waals surface area (Å²) in [7, 11) is 0. The molecule has 1 heterocycles. The maximum atomic E-state index is 13.1. The quantitative estimate of drug-likeness (QED) is 0.274. The molecule has 0 amide bonds. The molecule has 0 bridgehead atoms. The van der Waals surface area contributed by atoms with Crippen molar-refractivity contribution in [1.82, 2.24) is 14.8 Å². The van der Waals surface area contributed by atoms with Crippen molar-refractivity contribution in [2.45, 2.75) is 12.1 Å². The molecule has 0 spiro atoms. The van der Waals surface area contributed by atoms with Gasteiger partial charge in [0.2, 0.25) is 0 Å². The third-order valence-electron chi connectivity index (χ3n) is 4.53. The van der Waals surface area contributed by atoms with Gasteiger partial charge < -0.3 is 0 Å². The van der Waals surface area contributed by atoms with Crippen molar-refractivity contribution >= 4 is 29.1 Å². The van der Waals surface area contributed by atoms with Gasteiger partial charge in [0.15, 0.2) is 16.8 Å². The van der Waals surface area contributed by atoms with Gasteiger partial charge in [-0.25, -0.2) is 4.39 Å². The summed E-state index contributed by atoms with van der Waals surface area (Å²) in [6.07, 6.45) is 0. The van der Waals surface area contributed by atoms with E-state index in [1.165, 1.54) is 36.0 Å². The molecule has 0 aliphatic heterocycles. The van der Waals surface area contributed by atoms with Crippen molar-refractivity contribution in [3.8, 4) is 17.1 Å². The Labute approximate surface area is 182 Å². The number of thioether (sulfide) groups is 1. The lowest BCUT2D eigenvalue weighted by molar-refractivity contribution is 0.102. The topological polar surface area (TPSA) is 47.8 Å². The van der Waals surface area contributed by atoms with Crippen LogP contribution in [0, 0.1) is 12.7 Å². The number of benzene rings is 3. The number of carbonyl (C=O) groups excluding carboxylic acids is 1. The molecule has 150 valence electrons. The number of aryl methyl sites for hydroxylation is 1. The first-order valence-electron chi connectivity index (χ1n) is 9.21. The number of aromatic nitrogens is 3. The molecule has 4 nitrogen and oxygen atoms in total. The van der Waals surface area contributed by atoms with Crippen LogP contribution in [0.25, 0.3) is 17.1 Å². The maximum absolute atomic E-state index is 13.1. The lowest BCUT2D eigenvalue weighted by atomic mass is 10.1. The summed E-state index contributed by atoms with van der Waals surface area (Å²) in [5.41, 5.74) is 3.36. The summed E-state index contributed by atoms with van der Waals surface area (Å²) in [6, 6.07) is 20.9. The first-order chi connectivity index (χ1) is 14.5.